The monoisotopic (exact) mass is 553 g/mol. The molecule has 1 aliphatic heterocycles. The maximum Gasteiger partial charge on any atom is 0.422 e. The molecule has 0 bridgehead atoms. The summed E-state index contributed by atoms with van der Waals surface area (Å²) in [4.78, 5) is 15.2. The van der Waals surface area contributed by atoms with Crippen LogP contribution >= 0.6 is 0 Å². The maximum absolute atomic E-state index is 14.0. The molecule has 0 radical (unpaired) electrons. The largest absolute Gasteiger partial charge is 0.467 e. The first-order chi connectivity index (χ1) is 18.5. The summed E-state index contributed by atoms with van der Waals surface area (Å²) in [6.07, 6.45) is -4.57. The second-order valence-electron chi connectivity index (χ2n) is 9.20. The van der Waals surface area contributed by atoms with Gasteiger partial charge in [-0.2, -0.15) is 13.2 Å². The quantitative estimate of drug-likeness (QED) is 0.378. The van der Waals surface area contributed by atoms with Crippen LogP contribution < -0.4 is 15.4 Å². The van der Waals surface area contributed by atoms with Crippen molar-refractivity contribution in [1.82, 2.24) is 20.0 Å². The molecule has 0 spiro atoms. The maximum atomic E-state index is 14.0. The van der Waals surface area contributed by atoms with E-state index in [-0.39, 0.29) is 17.3 Å². The molecule has 2 atom stereocenters. The van der Waals surface area contributed by atoms with Gasteiger partial charge < -0.3 is 14.8 Å². The Kier molecular flexibility index (Phi) is 8.70. The number of rotatable bonds is 9. The zero-order valence-electron chi connectivity index (χ0n) is 21.3. The molecule has 8 nitrogen and oxygen atoms in total. The van der Waals surface area contributed by atoms with E-state index in [2.05, 4.69) is 15.7 Å². The van der Waals surface area contributed by atoms with Gasteiger partial charge in [0.15, 0.2) is 6.61 Å². The third kappa shape index (κ3) is 7.24. The zero-order valence-corrected chi connectivity index (χ0v) is 21.3. The molecule has 210 valence electrons. The predicted octanol–water partition coefficient (Wildman–Crippen LogP) is 4.64. The predicted molar refractivity (Wildman–Crippen MR) is 133 cm³/mol. The highest BCUT2D eigenvalue weighted by atomic mass is 19.4. The fourth-order valence-corrected chi connectivity index (χ4v) is 4.54. The van der Waals surface area contributed by atoms with Crippen LogP contribution in [0.25, 0.3) is 5.69 Å². The Morgan fingerprint density at radius 1 is 1.10 bits per heavy atom. The van der Waals surface area contributed by atoms with Gasteiger partial charge in [-0.3, -0.25) is 10.2 Å². The number of anilines is 1. The second-order valence-corrected chi connectivity index (χ2v) is 9.20. The van der Waals surface area contributed by atoms with Gasteiger partial charge >= 0.3 is 12.2 Å². The van der Waals surface area contributed by atoms with Gasteiger partial charge in [-0.05, 0) is 36.8 Å². The van der Waals surface area contributed by atoms with Crippen molar-refractivity contribution in [2.75, 3.05) is 45.3 Å². The summed E-state index contributed by atoms with van der Waals surface area (Å²) in [5, 5.41) is 9.67. The first-order valence-electron chi connectivity index (χ1n) is 12.1. The van der Waals surface area contributed by atoms with Crippen molar-refractivity contribution >= 4 is 11.8 Å². The molecule has 0 aliphatic carbocycles. The number of amides is 2. The molecule has 1 aromatic heterocycles. The Labute approximate surface area is 221 Å². The highest BCUT2D eigenvalue weighted by Crippen LogP contribution is 2.31. The standard InChI is InChI=1S/C26H28F5N5O3/c1-16-23(36(20-6-4-3-5-7-20)34-24(16)39-15-26(29,30)31)33-25(37)32-22-14-35(8-9-38-2)13-21(22)17-10-18(27)12-19(28)11-17/h3-7,10-12,21-22H,8-9,13-15H2,1-2H3,(H2,32,33,37). The summed E-state index contributed by atoms with van der Waals surface area (Å²) in [5.74, 6) is -2.05. The molecule has 2 aromatic carbocycles. The first kappa shape index (κ1) is 28.3. The number of alkyl halides is 3. The number of nitrogens with one attached hydrogen (secondary N) is 2. The minimum atomic E-state index is -4.57. The molecule has 1 fully saturated rings. The molecule has 2 unspecified atom stereocenters. The Balaban J connectivity index is 1.58. The van der Waals surface area contributed by atoms with Gasteiger partial charge in [0.1, 0.15) is 17.5 Å². The van der Waals surface area contributed by atoms with Crippen LogP contribution in [0, 0.1) is 18.6 Å². The van der Waals surface area contributed by atoms with E-state index in [0.717, 1.165) is 6.07 Å². The molecule has 4 rings (SSSR count). The number of methoxy groups -OCH3 is 1. The minimum absolute atomic E-state index is 0.110. The van der Waals surface area contributed by atoms with Crippen molar-refractivity contribution in [1.29, 1.82) is 0 Å². The first-order valence-corrected chi connectivity index (χ1v) is 12.1. The van der Waals surface area contributed by atoms with Gasteiger partial charge in [-0.25, -0.2) is 18.3 Å². The lowest BCUT2D eigenvalue weighted by Gasteiger charge is -2.21. The van der Waals surface area contributed by atoms with E-state index in [4.69, 9.17) is 9.47 Å². The SMILES string of the molecule is COCCN1CC(NC(=O)Nc2c(C)c(OCC(F)(F)F)nn2-c2ccccc2)C(c2cc(F)cc(F)c2)C1. The van der Waals surface area contributed by atoms with Crippen LogP contribution in [0.3, 0.4) is 0 Å². The molecule has 2 amide bonds. The number of urea groups is 1. The van der Waals surface area contributed by atoms with Gasteiger partial charge in [-0.15, -0.1) is 5.10 Å². The van der Waals surface area contributed by atoms with Crippen molar-refractivity contribution in [2.24, 2.45) is 0 Å². The Hall–Kier alpha value is -3.71. The van der Waals surface area contributed by atoms with Crippen molar-refractivity contribution in [3.05, 3.63) is 71.3 Å². The fraction of sp³-hybridized carbons (Fsp3) is 0.385. The average molecular weight is 554 g/mol. The van der Waals surface area contributed by atoms with Crippen LogP contribution in [0.4, 0.5) is 32.6 Å². The summed E-state index contributed by atoms with van der Waals surface area (Å²) >= 11 is 0. The van der Waals surface area contributed by atoms with E-state index in [1.54, 1.807) is 37.4 Å². The highest BCUT2D eigenvalue weighted by molar-refractivity contribution is 5.90. The van der Waals surface area contributed by atoms with Gasteiger partial charge in [0.2, 0.25) is 5.88 Å². The van der Waals surface area contributed by atoms with E-state index in [1.165, 1.54) is 23.7 Å². The van der Waals surface area contributed by atoms with Crippen molar-refractivity contribution < 1.29 is 36.2 Å². The zero-order chi connectivity index (χ0) is 28.2. The van der Waals surface area contributed by atoms with Gasteiger partial charge in [0.25, 0.3) is 0 Å². The van der Waals surface area contributed by atoms with Crippen molar-refractivity contribution in [2.45, 2.75) is 25.1 Å². The number of ether oxygens (including phenoxy) is 2. The third-order valence-electron chi connectivity index (χ3n) is 6.32. The van der Waals surface area contributed by atoms with Crippen LogP contribution in [-0.4, -0.2) is 72.9 Å². The summed E-state index contributed by atoms with van der Waals surface area (Å²) in [5.41, 5.74) is 1.07. The van der Waals surface area contributed by atoms with Crippen LogP contribution in [0.2, 0.25) is 0 Å². The van der Waals surface area contributed by atoms with Crippen molar-refractivity contribution in [3.63, 3.8) is 0 Å². The summed E-state index contributed by atoms with van der Waals surface area (Å²) in [6.45, 7) is 1.72. The van der Waals surface area contributed by atoms with Crippen LogP contribution in [0.15, 0.2) is 48.5 Å². The Morgan fingerprint density at radius 2 is 1.79 bits per heavy atom. The molecular weight excluding hydrogens is 525 g/mol. The van der Waals surface area contributed by atoms with Crippen molar-refractivity contribution in [3.8, 4) is 11.6 Å². The molecule has 2 heterocycles. The molecule has 39 heavy (non-hydrogen) atoms. The Morgan fingerprint density at radius 3 is 2.44 bits per heavy atom. The van der Waals surface area contributed by atoms with Crippen LogP contribution in [-0.2, 0) is 4.74 Å². The van der Waals surface area contributed by atoms with E-state index in [0.29, 0.717) is 37.5 Å². The smallest absolute Gasteiger partial charge is 0.422 e. The lowest BCUT2D eigenvalue weighted by Crippen LogP contribution is -2.42. The lowest BCUT2D eigenvalue weighted by molar-refractivity contribution is -0.154. The van der Waals surface area contributed by atoms with E-state index < -0.39 is 42.4 Å². The van der Waals surface area contributed by atoms with Gasteiger partial charge in [-0.1, -0.05) is 18.2 Å². The number of nitrogens with zero attached hydrogens (tertiary/aromatic N) is 3. The van der Waals surface area contributed by atoms with Crippen LogP contribution in [0.5, 0.6) is 5.88 Å². The summed E-state index contributed by atoms with van der Waals surface area (Å²) in [6, 6.07) is 10.6. The summed E-state index contributed by atoms with van der Waals surface area (Å²) < 4.78 is 77.6. The number of hydrogen-bond acceptors (Lipinski definition) is 5. The molecule has 1 aliphatic rings. The lowest BCUT2D eigenvalue weighted by atomic mass is 9.94. The highest BCUT2D eigenvalue weighted by Gasteiger charge is 2.36. The number of carbonyl (C=O) groups excluding carboxylic acids is 1. The number of hydrogen-bond donors (Lipinski definition) is 2. The van der Waals surface area contributed by atoms with Gasteiger partial charge in [0, 0.05) is 38.7 Å². The topological polar surface area (TPSA) is 80.7 Å². The molecule has 0 saturated carbocycles. The molecular formula is C26H28F5N5O3. The molecule has 1 saturated heterocycles. The summed E-state index contributed by atoms with van der Waals surface area (Å²) in [7, 11) is 1.56. The molecule has 2 N–H and O–H groups in total. The second kappa shape index (κ2) is 12.0. The van der Waals surface area contributed by atoms with Crippen LogP contribution in [0.1, 0.15) is 17.0 Å². The average Bonchev–Trinajstić information content (AvgIpc) is 3.41. The normalized spacial score (nSPS) is 17.8. The number of carbonyl (C=O) groups is 1. The van der Waals surface area contributed by atoms with E-state index in [9.17, 15) is 26.7 Å². The van der Waals surface area contributed by atoms with E-state index >= 15 is 0 Å². The fourth-order valence-electron chi connectivity index (χ4n) is 4.54. The number of para-hydroxylation sites is 1. The number of benzene rings is 2. The molecule has 3 aromatic rings. The number of halogens is 5. The van der Waals surface area contributed by atoms with E-state index in [1.807, 2.05) is 4.90 Å². The number of likely N-dealkylation sites (tertiary alicyclic amines) is 1. The Bertz CT molecular complexity index is 1260. The number of aromatic nitrogens is 2. The minimum Gasteiger partial charge on any atom is -0.467 e. The van der Waals surface area contributed by atoms with Gasteiger partial charge in [0.05, 0.1) is 23.9 Å². The third-order valence-corrected chi connectivity index (χ3v) is 6.32. The molecule has 13 heteroatoms.